The fraction of sp³-hybridized carbons (Fsp3) is 0.154. The van der Waals surface area contributed by atoms with Crippen LogP contribution in [-0.2, 0) is 11.4 Å². The Kier molecular flexibility index (Phi) is 7.37. The number of hydrogen-bond acceptors (Lipinski definition) is 5. The second kappa shape index (κ2) is 10.6. The summed E-state index contributed by atoms with van der Waals surface area (Å²) in [6.07, 6.45) is 1.82. The summed E-state index contributed by atoms with van der Waals surface area (Å²) in [7, 11) is 0. The minimum atomic E-state index is -0.177. The van der Waals surface area contributed by atoms with Crippen molar-refractivity contribution < 1.29 is 14.3 Å². The normalized spacial score (nSPS) is 15.7. The average molecular weight is 479 g/mol. The molecule has 1 N–H and O–H groups in total. The van der Waals surface area contributed by atoms with E-state index in [4.69, 9.17) is 21.1 Å². The van der Waals surface area contributed by atoms with E-state index < -0.39 is 0 Å². The van der Waals surface area contributed by atoms with E-state index in [2.05, 4.69) is 10.3 Å². The molecule has 1 amide bonds. The zero-order chi connectivity index (χ0) is 23.2. The van der Waals surface area contributed by atoms with Gasteiger partial charge in [0, 0.05) is 10.6 Å². The first kappa shape index (κ1) is 23.0. The van der Waals surface area contributed by atoms with E-state index >= 15 is 0 Å². The molecule has 0 radical (unpaired) electrons. The number of nitrogens with one attached hydrogen (secondary N) is 1. The van der Waals surface area contributed by atoms with Crippen LogP contribution in [0.15, 0.2) is 76.6 Å². The number of thioether (sulfide) groups is 1. The highest BCUT2D eigenvalue weighted by Gasteiger charge is 2.24. The first-order chi connectivity index (χ1) is 16.0. The summed E-state index contributed by atoms with van der Waals surface area (Å²) in [5, 5.41) is 4.05. The molecule has 1 heterocycles. The summed E-state index contributed by atoms with van der Waals surface area (Å²) in [5.74, 6) is 1.05. The van der Waals surface area contributed by atoms with Gasteiger partial charge in [-0.15, -0.1) is 0 Å². The van der Waals surface area contributed by atoms with Crippen LogP contribution in [0.3, 0.4) is 0 Å². The number of halogens is 1. The van der Waals surface area contributed by atoms with Crippen molar-refractivity contribution in [3.8, 4) is 11.5 Å². The lowest BCUT2D eigenvalue weighted by Gasteiger charge is -2.13. The van der Waals surface area contributed by atoms with E-state index in [1.54, 1.807) is 0 Å². The Bertz CT molecular complexity index is 1240. The predicted octanol–water partition coefficient (Wildman–Crippen LogP) is 6.52. The summed E-state index contributed by atoms with van der Waals surface area (Å²) >= 11 is 7.54. The maximum absolute atomic E-state index is 12.5. The highest BCUT2D eigenvalue weighted by molar-refractivity contribution is 8.18. The summed E-state index contributed by atoms with van der Waals surface area (Å²) in [6, 6.07) is 21.0. The van der Waals surface area contributed by atoms with E-state index in [1.807, 2.05) is 86.7 Å². The molecule has 0 aliphatic carbocycles. The van der Waals surface area contributed by atoms with E-state index in [0.717, 1.165) is 22.4 Å². The van der Waals surface area contributed by atoms with Crippen molar-refractivity contribution in [1.29, 1.82) is 0 Å². The summed E-state index contributed by atoms with van der Waals surface area (Å²) in [6.45, 7) is 4.72. The molecule has 0 unspecified atom stereocenters. The summed E-state index contributed by atoms with van der Waals surface area (Å²) < 4.78 is 11.7. The van der Waals surface area contributed by atoms with Gasteiger partial charge in [0.15, 0.2) is 16.7 Å². The monoisotopic (exact) mass is 478 g/mol. The maximum Gasteiger partial charge on any atom is 0.264 e. The van der Waals surface area contributed by atoms with Crippen LogP contribution >= 0.6 is 23.4 Å². The lowest BCUT2D eigenvalue weighted by atomic mass is 10.2. The molecule has 5 nitrogen and oxygen atoms in total. The third kappa shape index (κ3) is 5.78. The minimum Gasteiger partial charge on any atom is -0.490 e. The van der Waals surface area contributed by atoms with Gasteiger partial charge in [0.05, 0.1) is 17.2 Å². The molecule has 4 rings (SSSR count). The topological polar surface area (TPSA) is 59.9 Å². The smallest absolute Gasteiger partial charge is 0.264 e. The molecular weight excluding hydrogens is 456 g/mol. The molecule has 1 saturated heterocycles. The van der Waals surface area contributed by atoms with Crippen LogP contribution in [0, 0.1) is 6.92 Å². The molecule has 0 atom stereocenters. The van der Waals surface area contributed by atoms with Crippen LogP contribution in [-0.4, -0.2) is 17.7 Å². The number of carbonyl (C=O) groups excluding carboxylic acids is 1. The number of rotatable bonds is 7. The lowest BCUT2D eigenvalue weighted by molar-refractivity contribution is -0.115. The lowest BCUT2D eigenvalue weighted by Crippen LogP contribution is -2.19. The van der Waals surface area contributed by atoms with Crippen molar-refractivity contribution in [1.82, 2.24) is 5.32 Å². The van der Waals surface area contributed by atoms with Crippen LogP contribution in [0.1, 0.15) is 23.6 Å². The molecule has 7 heteroatoms. The van der Waals surface area contributed by atoms with Crippen molar-refractivity contribution in [2.24, 2.45) is 4.99 Å². The number of hydrogen-bond donors (Lipinski definition) is 1. The molecule has 0 spiro atoms. The Labute approximate surface area is 202 Å². The minimum absolute atomic E-state index is 0.177. The highest BCUT2D eigenvalue weighted by atomic mass is 35.5. The number of aliphatic imine (C=N–C) groups is 1. The van der Waals surface area contributed by atoms with E-state index in [0.29, 0.717) is 39.8 Å². The molecular formula is C26H23ClN2O3S. The summed E-state index contributed by atoms with van der Waals surface area (Å²) in [5.41, 5.74) is 3.61. The third-order valence-electron chi connectivity index (χ3n) is 4.89. The largest absolute Gasteiger partial charge is 0.490 e. The van der Waals surface area contributed by atoms with Crippen LogP contribution in [0.4, 0.5) is 5.69 Å². The number of nitrogens with zero attached hydrogens (tertiary/aromatic N) is 1. The second-order valence-electron chi connectivity index (χ2n) is 7.29. The predicted molar refractivity (Wildman–Crippen MR) is 135 cm³/mol. The molecule has 33 heavy (non-hydrogen) atoms. The SMILES string of the molecule is CCOc1cc(/C=C2\SC(=Nc3ccccc3C)NC2=O)ccc1OCc1ccccc1Cl. The maximum atomic E-state index is 12.5. The second-order valence-corrected chi connectivity index (χ2v) is 8.73. The summed E-state index contributed by atoms with van der Waals surface area (Å²) in [4.78, 5) is 17.6. The van der Waals surface area contributed by atoms with Gasteiger partial charge in [-0.25, -0.2) is 4.99 Å². The first-order valence-electron chi connectivity index (χ1n) is 10.5. The van der Waals surface area contributed by atoms with Gasteiger partial charge < -0.3 is 14.8 Å². The van der Waals surface area contributed by atoms with Gasteiger partial charge in [0.1, 0.15) is 6.61 Å². The Morgan fingerprint density at radius 2 is 1.82 bits per heavy atom. The number of ether oxygens (including phenoxy) is 2. The molecule has 1 aliphatic heterocycles. The van der Waals surface area contributed by atoms with Gasteiger partial charge >= 0.3 is 0 Å². The van der Waals surface area contributed by atoms with Gasteiger partial charge in [-0.2, -0.15) is 0 Å². The fourth-order valence-corrected chi connectivity index (χ4v) is 4.23. The molecule has 3 aromatic rings. The number of para-hydroxylation sites is 1. The zero-order valence-electron chi connectivity index (χ0n) is 18.3. The fourth-order valence-electron chi connectivity index (χ4n) is 3.20. The van der Waals surface area contributed by atoms with Gasteiger partial charge in [-0.05, 0) is 67.1 Å². The highest BCUT2D eigenvalue weighted by Crippen LogP contribution is 2.33. The van der Waals surface area contributed by atoms with E-state index in [-0.39, 0.29) is 5.91 Å². The molecule has 0 aromatic heterocycles. The molecule has 0 bridgehead atoms. The Morgan fingerprint density at radius 3 is 2.61 bits per heavy atom. The standard InChI is InChI=1S/C26H23ClN2O3S/c1-3-31-23-14-18(12-13-22(23)32-16-19-9-5-6-10-20(19)27)15-24-25(30)29-26(33-24)28-21-11-7-4-8-17(21)2/h4-15H,3,16H2,1-2H3,(H,28,29,30)/b24-15-. The number of carbonyl (C=O) groups is 1. The van der Waals surface area contributed by atoms with Crippen molar-refractivity contribution >= 4 is 46.2 Å². The van der Waals surface area contributed by atoms with Crippen molar-refractivity contribution in [2.45, 2.75) is 20.5 Å². The van der Waals surface area contributed by atoms with Gasteiger partial charge in [0.2, 0.25) is 0 Å². The van der Waals surface area contributed by atoms with Crippen LogP contribution in [0.2, 0.25) is 5.02 Å². The zero-order valence-corrected chi connectivity index (χ0v) is 19.9. The van der Waals surface area contributed by atoms with Gasteiger partial charge in [0.25, 0.3) is 5.91 Å². The van der Waals surface area contributed by atoms with Gasteiger partial charge in [-0.1, -0.05) is 54.1 Å². The molecule has 3 aromatic carbocycles. The van der Waals surface area contributed by atoms with E-state index in [1.165, 1.54) is 11.8 Å². The van der Waals surface area contributed by atoms with Crippen molar-refractivity contribution in [3.05, 3.63) is 93.3 Å². The van der Waals surface area contributed by atoms with Gasteiger partial charge in [-0.3, -0.25) is 4.79 Å². The van der Waals surface area contributed by atoms with Crippen LogP contribution < -0.4 is 14.8 Å². The Hall–Kier alpha value is -3.22. The molecule has 168 valence electrons. The average Bonchev–Trinajstić information content (AvgIpc) is 3.14. The number of amidine groups is 1. The number of aryl methyl sites for hydroxylation is 1. The van der Waals surface area contributed by atoms with Crippen LogP contribution in [0.5, 0.6) is 11.5 Å². The molecule has 1 fully saturated rings. The Morgan fingerprint density at radius 1 is 1.03 bits per heavy atom. The van der Waals surface area contributed by atoms with E-state index in [9.17, 15) is 4.79 Å². The number of amides is 1. The molecule has 0 saturated carbocycles. The first-order valence-corrected chi connectivity index (χ1v) is 11.7. The number of benzene rings is 3. The third-order valence-corrected chi connectivity index (χ3v) is 6.17. The Balaban J connectivity index is 1.53. The van der Waals surface area contributed by atoms with Crippen molar-refractivity contribution in [3.63, 3.8) is 0 Å². The van der Waals surface area contributed by atoms with Crippen molar-refractivity contribution in [2.75, 3.05) is 6.61 Å². The van der Waals surface area contributed by atoms with Crippen LogP contribution in [0.25, 0.3) is 6.08 Å². The molecule has 1 aliphatic rings. The quantitative estimate of drug-likeness (QED) is 0.393.